The van der Waals surface area contributed by atoms with Gasteiger partial charge in [-0.25, -0.2) is 4.39 Å². The van der Waals surface area contributed by atoms with Gasteiger partial charge in [-0.2, -0.15) is 0 Å². The van der Waals surface area contributed by atoms with Gasteiger partial charge in [0.1, 0.15) is 5.82 Å². The fourth-order valence-electron chi connectivity index (χ4n) is 3.86. The van der Waals surface area contributed by atoms with Crippen LogP contribution < -0.4 is 5.32 Å². The van der Waals surface area contributed by atoms with Gasteiger partial charge in [0, 0.05) is 19.1 Å². The Labute approximate surface area is 199 Å². The van der Waals surface area contributed by atoms with E-state index in [4.69, 9.17) is 5.11 Å². The molecule has 3 rings (SSSR count). The first-order valence-corrected chi connectivity index (χ1v) is 12.1. The number of aliphatic hydroxyl groups excluding tert-OH is 1. The van der Waals surface area contributed by atoms with Crippen LogP contribution in [0.3, 0.4) is 0 Å². The van der Waals surface area contributed by atoms with Crippen molar-refractivity contribution in [1.29, 1.82) is 0 Å². The van der Waals surface area contributed by atoms with Gasteiger partial charge in [0.05, 0.1) is 5.69 Å². The van der Waals surface area contributed by atoms with Crippen molar-refractivity contribution in [3.8, 4) is 0 Å². The summed E-state index contributed by atoms with van der Waals surface area (Å²) in [6.45, 7) is 15.0. The van der Waals surface area contributed by atoms with Crippen molar-refractivity contribution in [2.45, 2.75) is 66.8 Å². The fraction of sp³-hybridized carbons (Fsp3) is 0.536. The number of carbonyl (C=O) groups excluding carboxylic acids is 1. The maximum absolute atomic E-state index is 14.3. The Morgan fingerprint density at radius 1 is 1.09 bits per heavy atom. The van der Waals surface area contributed by atoms with E-state index < -0.39 is 0 Å². The molecule has 1 aliphatic heterocycles. The third kappa shape index (κ3) is 8.56. The second-order valence-electron chi connectivity index (χ2n) is 9.95. The van der Waals surface area contributed by atoms with Crippen molar-refractivity contribution in [3.05, 3.63) is 64.5 Å². The second-order valence-corrected chi connectivity index (χ2v) is 9.95. The molecule has 0 atom stereocenters. The monoisotopic (exact) mass is 456 g/mol. The van der Waals surface area contributed by atoms with Gasteiger partial charge in [-0.3, -0.25) is 9.69 Å². The molecule has 1 fully saturated rings. The summed E-state index contributed by atoms with van der Waals surface area (Å²) < 4.78 is 14.3. The number of hydrogen-bond acceptors (Lipinski definition) is 3. The van der Waals surface area contributed by atoms with Crippen LogP contribution in [0.1, 0.15) is 68.7 Å². The van der Waals surface area contributed by atoms with Crippen LogP contribution in [0.5, 0.6) is 0 Å². The molecule has 2 aromatic carbocycles. The molecule has 182 valence electrons. The summed E-state index contributed by atoms with van der Waals surface area (Å²) in [4.78, 5) is 14.5. The summed E-state index contributed by atoms with van der Waals surface area (Å²) in [5.74, 6) is 0.169. The van der Waals surface area contributed by atoms with Gasteiger partial charge in [0.2, 0.25) is 5.91 Å². The lowest BCUT2D eigenvalue weighted by atomic mass is 9.86. The fourth-order valence-corrected chi connectivity index (χ4v) is 3.86. The molecule has 2 N–H and O–H groups in total. The van der Waals surface area contributed by atoms with Gasteiger partial charge < -0.3 is 10.4 Å². The molecule has 1 heterocycles. The Morgan fingerprint density at radius 3 is 2.18 bits per heavy atom. The molecule has 0 aromatic heterocycles. The van der Waals surface area contributed by atoms with Crippen LogP contribution in [0.15, 0.2) is 36.4 Å². The Kier molecular flexibility index (Phi) is 10.5. The van der Waals surface area contributed by atoms with Crippen LogP contribution in [0.2, 0.25) is 0 Å². The summed E-state index contributed by atoms with van der Waals surface area (Å²) in [5.41, 5.74) is 5.07. The number of rotatable bonds is 6. The minimum Gasteiger partial charge on any atom is -0.396 e. The van der Waals surface area contributed by atoms with Crippen molar-refractivity contribution in [1.82, 2.24) is 4.90 Å². The molecular weight excluding hydrogens is 415 g/mol. The number of hydrogen-bond donors (Lipinski definition) is 2. The molecule has 4 nitrogen and oxygen atoms in total. The zero-order valence-corrected chi connectivity index (χ0v) is 21.1. The van der Waals surface area contributed by atoms with E-state index in [1.54, 1.807) is 6.07 Å². The van der Waals surface area contributed by atoms with Crippen LogP contribution in [-0.2, 0) is 11.3 Å². The standard InChI is InChI=1S/C24H31FN2O.C4H10O/c1-16(2)24(28)26-23-14-21(18(4)13-22(23)25)20-9-11-27(12-10-20)15-19-7-5-17(3)6-8-19;1-4(2)3-5/h5-8,13-14,16,20H,9-12,15H2,1-4H3,(H,26,28);4-5H,3H2,1-2H3. The van der Waals surface area contributed by atoms with E-state index in [-0.39, 0.29) is 17.6 Å². The average Bonchev–Trinajstić information content (AvgIpc) is 2.78. The van der Waals surface area contributed by atoms with Crippen LogP contribution in [0, 0.1) is 31.5 Å². The number of nitrogens with one attached hydrogen (secondary N) is 1. The summed E-state index contributed by atoms with van der Waals surface area (Å²) in [6.07, 6.45) is 2.10. The van der Waals surface area contributed by atoms with Crippen molar-refractivity contribution in [2.75, 3.05) is 25.0 Å². The quantitative estimate of drug-likeness (QED) is 0.556. The largest absolute Gasteiger partial charge is 0.396 e. The van der Waals surface area contributed by atoms with E-state index in [9.17, 15) is 9.18 Å². The average molecular weight is 457 g/mol. The first-order chi connectivity index (χ1) is 15.6. The van der Waals surface area contributed by atoms with Gasteiger partial charge >= 0.3 is 0 Å². The molecule has 0 spiro atoms. The Balaban J connectivity index is 0.000000696. The maximum atomic E-state index is 14.3. The molecule has 0 saturated carbocycles. The lowest BCUT2D eigenvalue weighted by molar-refractivity contribution is -0.118. The highest BCUT2D eigenvalue weighted by atomic mass is 19.1. The third-order valence-corrected chi connectivity index (χ3v) is 6.06. The first kappa shape index (κ1) is 27.0. The minimum atomic E-state index is -0.355. The second kappa shape index (κ2) is 12.9. The zero-order chi connectivity index (χ0) is 24.5. The Bertz CT molecular complexity index is 886. The van der Waals surface area contributed by atoms with Crippen LogP contribution in [0.4, 0.5) is 10.1 Å². The molecule has 33 heavy (non-hydrogen) atoms. The summed E-state index contributed by atoms with van der Waals surface area (Å²) in [6, 6.07) is 12.1. The topological polar surface area (TPSA) is 52.6 Å². The number of likely N-dealkylation sites (tertiary alicyclic amines) is 1. The highest BCUT2D eigenvalue weighted by molar-refractivity contribution is 5.92. The van der Waals surface area contributed by atoms with Gasteiger partial charge in [0.25, 0.3) is 0 Å². The van der Waals surface area contributed by atoms with Gasteiger partial charge in [0.15, 0.2) is 0 Å². The highest BCUT2D eigenvalue weighted by Crippen LogP contribution is 2.33. The number of anilines is 1. The van der Waals surface area contributed by atoms with E-state index >= 15 is 0 Å². The van der Waals surface area contributed by atoms with Crippen molar-refractivity contribution in [2.24, 2.45) is 11.8 Å². The predicted octanol–water partition coefficient (Wildman–Crippen LogP) is 6.05. The summed E-state index contributed by atoms with van der Waals surface area (Å²) in [5, 5.41) is 10.9. The maximum Gasteiger partial charge on any atom is 0.227 e. The molecule has 5 heteroatoms. The lowest BCUT2D eigenvalue weighted by Gasteiger charge is -2.33. The zero-order valence-electron chi connectivity index (χ0n) is 21.1. The van der Waals surface area contributed by atoms with Crippen LogP contribution in [0.25, 0.3) is 0 Å². The Morgan fingerprint density at radius 2 is 1.67 bits per heavy atom. The number of nitrogens with zero attached hydrogens (tertiary/aromatic N) is 1. The van der Waals surface area contributed by atoms with Crippen LogP contribution >= 0.6 is 0 Å². The number of aliphatic hydroxyl groups is 1. The van der Waals surface area contributed by atoms with Crippen molar-refractivity contribution < 1.29 is 14.3 Å². The van der Waals surface area contributed by atoms with Gasteiger partial charge in [-0.1, -0.05) is 57.5 Å². The number of carbonyl (C=O) groups is 1. The summed E-state index contributed by atoms with van der Waals surface area (Å²) in [7, 11) is 0. The number of benzene rings is 2. The third-order valence-electron chi connectivity index (χ3n) is 6.06. The van der Waals surface area contributed by atoms with Crippen LogP contribution in [-0.4, -0.2) is 35.6 Å². The van der Waals surface area contributed by atoms with E-state index in [1.807, 2.05) is 40.7 Å². The molecule has 1 aliphatic rings. The Hall–Kier alpha value is -2.24. The molecule has 0 aliphatic carbocycles. The van der Waals surface area contributed by atoms with E-state index in [0.29, 0.717) is 24.1 Å². The molecule has 0 unspecified atom stereocenters. The lowest BCUT2D eigenvalue weighted by Crippen LogP contribution is -2.32. The SMILES string of the molecule is CC(C)CO.Cc1ccc(CN2CCC(c3cc(NC(=O)C(C)C)c(F)cc3C)CC2)cc1. The molecule has 2 aromatic rings. The van der Waals surface area contributed by atoms with E-state index in [1.165, 1.54) is 11.1 Å². The van der Waals surface area contributed by atoms with Crippen molar-refractivity contribution in [3.63, 3.8) is 0 Å². The van der Waals surface area contributed by atoms with E-state index in [0.717, 1.165) is 43.6 Å². The molecule has 0 radical (unpaired) electrons. The number of amides is 1. The molecular formula is C28H41FN2O2. The molecule has 1 saturated heterocycles. The number of aryl methyl sites for hydroxylation is 2. The van der Waals surface area contributed by atoms with Crippen molar-refractivity contribution >= 4 is 11.6 Å². The predicted molar refractivity (Wildman–Crippen MR) is 135 cm³/mol. The normalized spacial score (nSPS) is 14.8. The summed E-state index contributed by atoms with van der Waals surface area (Å²) >= 11 is 0. The van der Waals surface area contributed by atoms with Gasteiger partial charge in [-0.15, -0.1) is 0 Å². The number of halogens is 1. The van der Waals surface area contributed by atoms with Gasteiger partial charge in [-0.05, 0) is 80.4 Å². The van der Waals surface area contributed by atoms with E-state index in [2.05, 4.69) is 41.4 Å². The minimum absolute atomic E-state index is 0.151. The molecule has 0 bridgehead atoms. The highest BCUT2D eigenvalue weighted by Gasteiger charge is 2.23. The number of piperidine rings is 1. The first-order valence-electron chi connectivity index (χ1n) is 12.1. The smallest absolute Gasteiger partial charge is 0.227 e. The molecule has 1 amide bonds.